The number of hydrogen-bond acceptors (Lipinski definition) is 3. The number of amidine groups is 1. The second-order valence-corrected chi connectivity index (χ2v) is 7.32. The van der Waals surface area contributed by atoms with Crippen molar-refractivity contribution in [1.29, 1.82) is 0 Å². The highest BCUT2D eigenvalue weighted by Crippen LogP contribution is 2.31. The number of methoxy groups -OCH3 is 1. The first kappa shape index (κ1) is 20.1. The molecule has 7 heteroatoms. The van der Waals surface area contributed by atoms with Gasteiger partial charge in [-0.05, 0) is 72.3 Å². The summed E-state index contributed by atoms with van der Waals surface area (Å²) in [5, 5.41) is 0.902. The first-order valence-electron chi connectivity index (χ1n) is 8.96. The van der Waals surface area contributed by atoms with E-state index in [9.17, 15) is 9.18 Å². The molecule has 3 aromatic rings. The van der Waals surface area contributed by atoms with Crippen molar-refractivity contribution in [3.8, 4) is 5.75 Å². The molecule has 4 nitrogen and oxygen atoms in total. The zero-order chi connectivity index (χ0) is 21.3. The largest absolute Gasteiger partial charge is 0.497 e. The van der Waals surface area contributed by atoms with Crippen molar-refractivity contribution in [2.24, 2.45) is 4.99 Å². The second-order valence-electron chi connectivity index (χ2n) is 6.48. The first-order chi connectivity index (χ1) is 14.5. The molecular formula is C23H15Cl2FN2O2. The molecule has 1 aliphatic rings. The van der Waals surface area contributed by atoms with Crippen LogP contribution in [0.25, 0.3) is 6.08 Å². The lowest BCUT2D eigenvalue weighted by molar-refractivity contribution is -0.113. The maximum Gasteiger partial charge on any atom is 0.282 e. The fourth-order valence-corrected chi connectivity index (χ4v) is 3.51. The van der Waals surface area contributed by atoms with Gasteiger partial charge < -0.3 is 4.74 Å². The van der Waals surface area contributed by atoms with E-state index in [1.807, 2.05) is 0 Å². The molecule has 1 heterocycles. The Morgan fingerprint density at radius 2 is 1.70 bits per heavy atom. The van der Waals surface area contributed by atoms with E-state index in [1.165, 1.54) is 17.0 Å². The second kappa shape index (κ2) is 8.30. The van der Waals surface area contributed by atoms with Gasteiger partial charge in [0.15, 0.2) is 0 Å². The lowest BCUT2D eigenvalue weighted by Gasteiger charge is -2.19. The lowest BCUT2D eigenvalue weighted by Crippen LogP contribution is -2.32. The fraction of sp³-hybridized carbons (Fsp3) is 0.0435. The van der Waals surface area contributed by atoms with E-state index in [1.54, 1.807) is 67.8 Å². The van der Waals surface area contributed by atoms with Crippen LogP contribution in [0.5, 0.6) is 5.75 Å². The molecule has 0 spiro atoms. The van der Waals surface area contributed by atoms with Crippen LogP contribution in [0.3, 0.4) is 0 Å². The maximum absolute atomic E-state index is 13.4. The molecule has 150 valence electrons. The quantitative estimate of drug-likeness (QED) is 0.468. The fourth-order valence-electron chi connectivity index (χ4n) is 3.05. The van der Waals surface area contributed by atoms with E-state index in [-0.39, 0.29) is 17.4 Å². The van der Waals surface area contributed by atoms with Crippen molar-refractivity contribution >= 4 is 46.7 Å². The predicted octanol–water partition coefficient (Wildman–Crippen LogP) is 5.98. The molecule has 4 rings (SSSR count). The molecule has 0 aliphatic carbocycles. The third-order valence-corrected chi connectivity index (χ3v) is 5.11. The summed E-state index contributed by atoms with van der Waals surface area (Å²) in [5.41, 5.74) is 2.03. The van der Waals surface area contributed by atoms with Gasteiger partial charge in [0.05, 0.1) is 12.8 Å². The molecule has 0 fully saturated rings. The molecular weight excluding hydrogens is 426 g/mol. The Labute approximate surface area is 182 Å². The summed E-state index contributed by atoms with van der Waals surface area (Å²) in [7, 11) is 1.57. The summed E-state index contributed by atoms with van der Waals surface area (Å²) >= 11 is 12.2. The Hall–Kier alpha value is -3.15. The number of halogens is 3. The molecule has 1 aliphatic heterocycles. The van der Waals surface area contributed by atoms with Crippen LogP contribution in [0.2, 0.25) is 10.0 Å². The monoisotopic (exact) mass is 440 g/mol. The normalized spacial score (nSPS) is 14.9. The van der Waals surface area contributed by atoms with Gasteiger partial charge in [-0.1, -0.05) is 29.3 Å². The van der Waals surface area contributed by atoms with E-state index in [2.05, 4.69) is 4.99 Å². The van der Waals surface area contributed by atoms with Crippen LogP contribution >= 0.6 is 23.2 Å². The van der Waals surface area contributed by atoms with Crippen molar-refractivity contribution in [1.82, 2.24) is 0 Å². The molecule has 0 bridgehead atoms. The predicted molar refractivity (Wildman–Crippen MR) is 118 cm³/mol. The topological polar surface area (TPSA) is 41.9 Å². The number of amides is 1. The minimum Gasteiger partial charge on any atom is -0.497 e. The Morgan fingerprint density at radius 1 is 1.00 bits per heavy atom. The van der Waals surface area contributed by atoms with Gasteiger partial charge in [0.1, 0.15) is 23.1 Å². The van der Waals surface area contributed by atoms with Crippen LogP contribution in [0.15, 0.2) is 77.4 Å². The number of rotatable bonds is 4. The number of aliphatic imine (C=N–C) groups is 1. The van der Waals surface area contributed by atoms with Crippen LogP contribution in [0, 0.1) is 5.82 Å². The smallest absolute Gasteiger partial charge is 0.282 e. The molecule has 0 atom stereocenters. The van der Waals surface area contributed by atoms with Crippen LogP contribution in [-0.2, 0) is 4.79 Å². The summed E-state index contributed by atoms with van der Waals surface area (Å²) in [6.07, 6.45) is 1.61. The van der Waals surface area contributed by atoms with Crippen molar-refractivity contribution < 1.29 is 13.9 Å². The van der Waals surface area contributed by atoms with Gasteiger partial charge in [0.25, 0.3) is 5.91 Å². The number of anilines is 1. The minimum absolute atomic E-state index is 0.203. The zero-order valence-corrected chi connectivity index (χ0v) is 17.3. The van der Waals surface area contributed by atoms with Crippen molar-refractivity contribution in [2.75, 3.05) is 12.0 Å². The average molecular weight is 441 g/mol. The molecule has 0 saturated carbocycles. The van der Waals surface area contributed by atoms with Crippen molar-refractivity contribution in [3.05, 3.63) is 99.4 Å². The van der Waals surface area contributed by atoms with E-state index >= 15 is 0 Å². The van der Waals surface area contributed by atoms with E-state index in [0.29, 0.717) is 38.4 Å². The third kappa shape index (κ3) is 3.95. The molecule has 3 aromatic carbocycles. The SMILES string of the molecule is COc1ccc(N2C(=O)/C(=C\c3ccc(Cl)cc3Cl)N=C2c2ccc(F)cc2)cc1. The summed E-state index contributed by atoms with van der Waals surface area (Å²) < 4.78 is 18.6. The van der Waals surface area contributed by atoms with Gasteiger partial charge in [-0.25, -0.2) is 9.38 Å². The Bertz CT molecular complexity index is 1170. The van der Waals surface area contributed by atoms with Crippen LogP contribution in [0.4, 0.5) is 10.1 Å². The van der Waals surface area contributed by atoms with Crippen LogP contribution in [-0.4, -0.2) is 18.9 Å². The maximum atomic E-state index is 13.4. The molecule has 0 saturated heterocycles. The molecule has 0 radical (unpaired) electrons. The highest BCUT2D eigenvalue weighted by Gasteiger charge is 2.32. The van der Waals surface area contributed by atoms with Crippen LogP contribution < -0.4 is 9.64 Å². The first-order valence-corrected chi connectivity index (χ1v) is 9.72. The van der Waals surface area contributed by atoms with E-state index in [4.69, 9.17) is 27.9 Å². The highest BCUT2D eigenvalue weighted by atomic mass is 35.5. The summed E-state index contributed by atoms with van der Waals surface area (Å²) in [5.74, 6) is 0.352. The van der Waals surface area contributed by atoms with Gasteiger partial charge in [0.2, 0.25) is 0 Å². The van der Waals surface area contributed by atoms with Gasteiger partial charge >= 0.3 is 0 Å². The highest BCUT2D eigenvalue weighted by molar-refractivity contribution is 6.36. The van der Waals surface area contributed by atoms with E-state index < -0.39 is 0 Å². The zero-order valence-electron chi connectivity index (χ0n) is 15.8. The number of carbonyl (C=O) groups excluding carboxylic acids is 1. The number of nitrogens with zero attached hydrogens (tertiary/aromatic N) is 2. The number of hydrogen-bond donors (Lipinski definition) is 0. The van der Waals surface area contributed by atoms with Gasteiger partial charge in [-0.2, -0.15) is 0 Å². The van der Waals surface area contributed by atoms with Gasteiger partial charge in [-0.15, -0.1) is 0 Å². The van der Waals surface area contributed by atoms with Gasteiger partial charge in [-0.3, -0.25) is 9.69 Å². The number of ether oxygens (including phenoxy) is 1. The molecule has 0 aromatic heterocycles. The van der Waals surface area contributed by atoms with Crippen molar-refractivity contribution in [2.45, 2.75) is 0 Å². The summed E-state index contributed by atoms with van der Waals surface area (Å²) in [6.45, 7) is 0. The molecule has 30 heavy (non-hydrogen) atoms. The standard InChI is InChI=1S/C23H15Cl2FN2O2/c1-30-19-10-8-18(9-11-19)28-22(14-3-6-17(26)7-4-14)27-21(23(28)29)12-15-2-5-16(24)13-20(15)25/h2-13H,1H3/b21-12+. The Kier molecular flexibility index (Phi) is 5.57. The number of carbonyl (C=O) groups is 1. The lowest BCUT2D eigenvalue weighted by atomic mass is 10.1. The molecule has 0 N–H and O–H groups in total. The summed E-state index contributed by atoms with van der Waals surface area (Å²) in [6, 6.07) is 17.8. The summed E-state index contributed by atoms with van der Waals surface area (Å²) in [4.78, 5) is 19.3. The molecule has 0 unspecified atom stereocenters. The molecule has 1 amide bonds. The van der Waals surface area contributed by atoms with E-state index in [0.717, 1.165) is 0 Å². The minimum atomic E-state index is -0.372. The Balaban J connectivity index is 1.81. The van der Waals surface area contributed by atoms with Crippen LogP contribution in [0.1, 0.15) is 11.1 Å². The Morgan fingerprint density at radius 3 is 2.33 bits per heavy atom. The number of benzene rings is 3. The van der Waals surface area contributed by atoms with Crippen molar-refractivity contribution in [3.63, 3.8) is 0 Å². The average Bonchev–Trinajstić information content (AvgIpc) is 3.07. The van der Waals surface area contributed by atoms with Gasteiger partial charge in [0, 0.05) is 15.6 Å². The third-order valence-electron chi connectivity index (χ3n) is 4.55.